The molecule has 1 N–H and O–H groups in total. The average molecular weight is 279 g/mol. The van der Waals surface area contributed by atoms with Crippen molar-refractivity contribution in [2.75, 3.05) is 5.32 Å². The fourth-order valence-electron chi connectivity index (χ4n) is 2.64. The second kappa shape index (κ2) is 4.70. The number of anilines is 1. The van der Waals surface area contributed by atoms with E-state index < -0.39 is 0 Å². The highest BCUT2D eigenvalue weighted by atomic mass is 16.4. The van der Waals surface area contributed by atoms with Crippen LogP contribution in [0.15, 0.2) is 46.8 Å². The Morgan fingerprint density at radius 3 is 2.95 bits per heavy atom. The quantitative estimate of drug-likeness (QED) is 0.695. The van der Waals surface area contributed by atoms with Gasteiger partial charge in [0.05, 0.1) is 13.2 Å². The summed E-state index contributed by atoms with van der Waals surface area (Å²) < 4.78 is 7.68. The van der Waals surface area contributed by atoms with Crippen LogP contribution >= 0.6 is 0 Å². The first-order chi connectivity index (χ1) is 10.3. The Morgan fingerprint density at radius 2 is 2.05 bits per heavy atom. The van der Waals surface area contributed by atoms with Crippen molar-refractivity contribution in [3.8, 4) is 0 Å². The van der Waals surface area contributed by atoms with Crippen molar-refractivity contribution in [3.63, 3.8) is 0 Å². The summed E-state index contributed by atoms with van der Waals surface area (Å²) in [5.41, 5.74) is 4.98. The molecule has 5 nitrogen and oxygen atoms in total. The van der Waals surface area contributed by atoms with Crippen molar-refractivity contribution >= 4 is 23.1 Å². The van der Waals surface area contributed by atoms with Gasteiger partial charge in [-0.1, -0.05) is 18.2 Å². The van der Waals surface area contributed by atoms with E-state index in [2.05, 4.69) is 33.5 Å². The Bertz CT molecular complexity index is 850. The molecule has 0 atom stereocenters. The zero-order valence-corrected chi connectivity index (χ0v) is 11.7. The van der Waals surface area contributed by atoms with E-state index >= 15 is 0 Å². The number of aromatic nitrogens is 3. The maximum atomic E-state index is 5.76. The van der Waals surface area contributed by atoms with Gasteiger partial charge in [0, 0.05) is 17.5 Å². The summed E-state index contributed by atoms with van der Waals surface area (Å²) in [6.45, 7) is 0. The third kappa shape index (κ3) is 2.07. The lowest BCUT2D eigenvalue weighted by molar-refractivity contribution is -0.653. The molecule has 5 heteroatoms. The highest BCUT2D eigenvalue weighted by Gasteiger charge is 2.19. The molecule has 3 heterocycles. The van der Waals surface area contributed by atoms with E-state index in [1.165, 1.54) is 11.3 Å². The summed E-state index contributed by atoms with van der Waals surface area (Å²) in [6, 6.07) is 8.38. The number of aryl methyl sites for hydroxylation is 2. The topological polar surface area (TPSA) is 54.8 Å². The fourth-order valence-corrected chi connectivity index (χ4v) is 2.64. The molecule has 4 rings (SSSR count). The van der Waals surface area contributed by atoms with Crippen LogP contribution in [0.5, 0.6) is 0 Å². The minimum absolute atomic E-state index is 0.558. The minimum Gasteiger partial charge on any atom is -0.396 e. The number of para-hydroxylation sites is 1. The first-order valence-corrected chi connectivity index (χ1v) is 6.96. The second-order valence-electron chi connectivity index (χ2n) is 5.14. The number of fused-ring (bicyclic) bond motifs is 2. The highest BCUT2D eigenvalue weighted by molar-refractivity contribution is 5.64. The first-order valence-electron chi connectivity index (χ1n) is 6.96. The van der Waals surface area contributed by atoms with Gasteiger partial charge in [0.1, 0.15) is 0 Å². The zero-order chi connectivity index (χ0) is 14.2. The molecular formula is C16H15N4O+. The summed E-state index contributed by atoms with van der Waals surface area (Å²) in [5, 5.41) is 3.46. The molecule has 0 unspecified atom stereocenters. The van der Waals surface area contributed by atoms with Crippen LogP contribution in [0, 0.1) is 0 Å². The smallest absolute Gasteiger partial charge is 0.389 e. The number of allylic oxidation sites excluding steroid dienone is 1. The van der Waals surface area contributed by atoms with Crippen molar-refractivity contribution in [1.82, 2.24) is 9.97 Å². The molecular weight excluding hydrogens is 264 g/mol. The van der Waals surface area contributed by atoms with Crippen LogP contribution in [0.3, 0.4) is 0 Å². The molecule has 1 aromatic carbocycles. The number of nitrogens with one attached hydrogen (secondary N) is 1. The van der Waals surface area contributed by atoms with Crippen molar-refractivity contribution in [2.24, 2.45) is 7.05 Å². The molecule has 0 saturated carbocycles. The van der Waals surface area contributed by atoms with Crippen LogP contribution < -0.4 is 9.88 Å². The minimum atomic E-state index is 0.558. The molecule has 0 saturated heterocycles. The predicted molar refractivity (Wildman–Crippen MR) is 79.3 cm³/mol. The van der Waals surface area contributed by atoms with Gasteiger partial charge in [-0.15, -0.1) is 0 Å². The molecule has 104 valence electrons. The first kappa shape index (κ1) is 12.1. The fraction of sp³-hybridized carbons (Fsp3) is 0.188. The molecule has 1 aliphatic rings. The van der Waals surface area contributed by atoms with Gasteiger partial charge in [-0.3, -0.25) is 0 Å². The van der Waals surface area contributed by atoms with Crippen molar-refractivity contribution in [3.05, 3.63) is 53.8 Å². The van der Waals surface area contributed by atoms with Gasteiger partial charge in [-0.05, 0) is 29.5 Å². The van der Waals surface area contributed by atoms with Crippen LogP contribution in [0.2, 0.25) is 0 Å². The van der Waals surface area contributed by atoms with Crippen molar-refractivity contribution < 1.29 is 8.98 Å². The Hall–Kier alpha value is -2.69. The van der Waals surface area contributed by atoms with Gasteiger partial charge < -0.3 is 9.73 Å². The van der Waals surface area contributed by atoms with E-state index in [-0.39, 0.29) is 0 Å². The van der Waals surface area contributed by atoms with E-state index in [4.69, 9.17) is 4.42 Å². The molecule has 1 aliphatic heterocycles. The average Bonchev–Trinajstić information content (AvgIpc) is 2.84. The summed E-state index contributed by atoms with van der Waals surface area (Å²) in [6.07, 6.45) is 7.34. The van der Waals surface area contributed by atoms with Crippen LogP contribution in [0.4, 0.5) is 5.69 Å². The van der Waals surface area contributed by atoms with Crippen LogP contribution in [-0.4, -0.2) is 9.97 Å². The van der Waals surface area contributed by atoms with Gasteiger partial charge in [0.15, 0.2) is 6.20 Å². The summed E-state index contributed by atoms with van der Waals surface area (Å²) in [5.74, 6) is 0.748. The number of oxazole rings is 1. The van der Waals surface area contributed by atoms with Gasteiger partial charge in [0.25, 0.3) is 5.89 Å². The number of rotatable bonds is 1. The maximum absolute atomic E-state index is 5.76. The maximum Gasteiger partial charge on any atom is 0.389 e. The van der Waals surface area contributed by atoms with E-state index in [9.17, 15) is 0 Å². The number of benzene rings is 1. The lowest BCUT2D eigenvalue weighted by Gasteiger charge is -2.20. The highest BCUT2D eigenvalue weighted by Crippen LogP contribution is 2.27. The van der Waals surface area contributed by atoms with Crippen LogP contribution in [-0.2, 0) is 13.5 Å². The van der Waals surface area contributed by atoms with Crippen LogP contribution in [0.25, 0.3) is 17.4 Å². The van der Waals surface area contributed by atoms with E-state index in [0.29, 0.717) is 5.71 Å². The van der Waals surface area contributed by atoms with Gasteiger partial charge in [0.2, 0.25) is 0 Å². The van der Waals surface area contributed by atoms with Gasteiger partial charge in [-0.2, -0.15) is 4.57 Å². The van der Waals surface area contributed by atoms with E-state index in [1.807, 2.05) is 23.8 Å². The third-order valence-electron chi connectivity index (χ3n) is 3.77. The van der Waals surface area contributed by atoms with Gasteiger partial charge in [-0.25, -0.2) is 4.98 Å². The normalized spacial score (nSPS) is 16.0. The Morgan fingerprint density at radius 1 is 1.19 bits per heavy atom. The van der Waals surface area contributed by atoms with Gasteiger partial charge >= 0.3 is 11.4 Å². The standard InChI is InChI=1S/C16H14N4O/c1-20-14(21-16-15(20)17-8-9-18-16)10-12-7-6-11-4-2-3-5-13(11)19-12/h2-5,8-10H,6-7H2,1H3/p+1. The molecule has 0 amide bonds. The lowest BCUT2D eigenvalue weighted by Crippen LogP contribution is -2.30. The number of nitrogens with zero attached hydrogens (tertiary/aromatic N) is 3. The molecule has 21 heavy (non-hydrogen) atoms. The number of hydrogen-bond acceptors (Lipinski definition) is 4. The second-order valence-corrected chi connectivity index (χ2v) is 5.14. The molecule has 0 aliphatic carbocycles. The molecule has 0 spiro atoms. The predicted octanol–water partition coefficient (Wildman–Crippen LogP) is 2.45. The van der Waals surface area contributed by atoms with Crippen LogP contribution in [0.1, 0.15) is 17.9 Å². The Balaban J connectivity index is 1.73. The molecule has 0 fully saturated rings. The van der Waals surface area contributed by atoms with Crippen molar-refractivity contribution in [2.45, 2.75) is 12.8 Å². The van der Waals surface area contributed by atoms with E-state index in [0.717, 1.165) is 30.1 Å². The number of hydrogen-bond donors (Lipinski definition) is 1. The summed E-state index contributed by atoms with van der Waals surface area (Å²) in [7, 11) is 1.93. The molecule has 2 aromatic heterocycles. The Labute approximate surface area is 122 Å². The SMILES string of the molecule is C[n+]1c(C=C2CCc3ccccc3N2)oc2nccnc21. The lowest BCUT2D eigenvalue weighted by atomic mass is 10.0. The largest absolute Gasteiger partial charge is 0.396 e. The molecule has 0 radical (unpaired) electrons. The summed E-state index contributed by atoms with van der Waals surface area (Å²) >= 11 is 0. The summed E-state index contributed by atoms with van der Waals surface area (Å²) in [4.78, 5) is 8.48. The third-order valence-corrected chi connectivity index (χ3v) is 3.77. The van der Waals surface area contributed by atoms with E-state index in [1.54, 1.807) is 12.4 Å². The van der Waals surface area contributed by atoms with Crippen molar-refractivity contribution in [1.29, 1.82) is 0 Å². The molecule has 0 bridgehead atoms. The monoisotopic (exact) mass is 279 g/mol. The zero-order valence-electron chi connectivity index (χ0n) is 11.7. The Kier molecular flexibility index (Phi) is 2.70. The molecule has 3 aromatic rings.